The fourth-order valence-electron chi connectivity index (χ4n) is 2.55. The van der Waals surface area contributed by atoms with E-state index in [-0.39, 0.29) is 6.04 Å². The number of aromatic nitrogens is 3. The molecule has 104 valence electrons. The highest BCUT2D eigenvalue weighted by Gasteiger charge is 2.17. The van der Waals surface area contributed by atoms with E-state index in [0.717, 1.165) is 15.6 Å². The van der Waals surface area contributed by atoms with Gasteiger partial charge in [-0.25, -0.2) is 4.98 Å². The van der Waals surface area contributed by atoms with Gasteiger partial charge in [-0.15, -0.1) is 11.3 Å². The highest BCUT2D eigenvalue weighted by molar-refractivity contribution is 9.10. The molecule has 0 fully saturated rings. The van der Waals surface area contributed by atoms with E-state index in [2.05, 4.69) is 57.3 Å². The molecule has 0 saturated carbocycles. The third-order valence-electron chi connectivity index (χ3n) is 3.44. The lowest BCUT2D eigenvalue weighted by atomic mass is 10.1. The van der Waals surface area contributed by atoms with Crippen LogP contribution in [0.25, 0.3) is 11.2 Å². The fraction of sp³-hybridized carbons (Fsp3) is 0.286. The molecule has 0 bridgehead atoms. The zero-order chi connectivity index (χ0) is 14.4. The van der Waals surface area contributed by atoms with Crippen molar-refractivity contribution in [3.8, 4) is 0 Å². The van der Waals surface area contributed by atoms with Crippen LogP contribution in [0.15, 0.2) is 22.8 Å². The number of nitrogens with zero attached hydrogens (tertiary/aromatic N) is 2. The number of rotatable bonds is 2. The van der Waals surface area contributed by atoms with Crippen molar-refractivity contribution in [3.63, 3.8) is 0 Å². The van der Waals surface area contributed by atoms with Crippen LogP contribution in [0, 0.1) is 18.6 Å². The number of hydrogen-bond donors (Lipinski definition) is 1. The summed E-state index contributed by atoms with van der Waals surface area (Å²) in [5.74, 6) is 0. The van der Waals surface area contributed by atoms with Gasteiger partial charge in [-0.2, -0.15) is 0 Å². The van der Waals surface area contributed by atoms with Crippen LogP contribution < -0.4 is 0 Å². The Bertz CT molecular complexity index is 844. The number of nitrogens with one attached hydrogen (secondary N) is 1. The van der Waals surface area contributed by atoms with Gasteiger partial charge in [0.2, 0.25) is 0 Å². The van der Waals surface area contributed by atoms with Crippen molar-refractivity contribution in [1.82, 2.24) is 14.5 Å². The van der Waals surface area contributed by atoms with Gasteiger partial charge in [-0.1, -0.05) is 0 Å². The SMILES string of the molecule is Cc1cc(C(C)n2c(=S)[nH]c3cc(Br)cnc32)c(C)s1. The Morgan fingerprint density at radius 3 is 2.80 bits per heavy atom. The minimum absolute atomic E-state index is 0.176. The molecular formula is C14H14BrN3S2. The Hall–Kier alpha value is -0.980. The summed E-state index contributed by atoms with van der Waals surface area (Å²) in [4.78, 5) is 10.4. The maximum atomic E-state index is 5.48. The number of halogens is 1. The fourth-order valence-corrected chi connectivity index (χ4v) is 4.25. The van der Waals surface area contributed by atoms with Crippen molar-refractivity contribution in [2.24, 2.45) is 0 Å². The van der Waals surface area contributed by atoms with Gasteiger partial charge >= 0.3 is 0 Å². The predicted molar refractivity (Wildman–Crippen MR) is 90.2 cm³/mol. The van der Waals surface area contributed by atoms with Crippen molar-refractivity contribution < 1.29 is 0 Å². The van der Waals surface area contributed by atoms with Crippen molar-refractivity contribution in [3.05, 3.63) is 42.9 Å². The van der Waals surface area contributed by atoms with E-state index in [0.29, 0.717) is 4.77 Å². The van der Waals surface area contributed by atoms with Gasteiger partial charge in [0.05, 0.1) is 11.6 Å². The van der Waals surface area contributed by atoms with Crippen molar-refractivity contribution in [2.45, 2.75) is 26.8 Å². The number of thiophene rings is 1. The van der Waals surface area contributed by atoms with E-state index < -0.39 is 0 Å². The maximum Gasteiger partial charge on any atom is 0.179 e. The number of pyridine rings is 1. The number of aryl methyl sites for hydroxylation is 2. The van der Waals surface area contributed by atoms with Crippen LogP contribution in [-0.2, 0) is 0 Å². The highest BCUT2D eigenvalue weighted by Crippen LogP contribution is 2.31. The molecule has 0 saturated heterocycles. The molecule has 0 aliphatic rings. The smallest absolute Gasteiger partial charge is 0.179 e. The van der Waals surface area contributed by atoms with Crippen LogP contribution in [0.1, 0.15) is 28.3 Å². The topological polar surface area (TPSA) is 33.6 Å². The number of fused-ring (bicyclic) bond motifs is 1. The van der Waals surface area contributed by atoms with Crippen molar-refractivity contribution in [1.29, 1.82) is 0 Å². The molecule has 3 heterocycles. The highest BCUT2D eigenvalue weighted by atomic mass is 79.9. The van der Waals surface area contributed by atoms with Gasteiger partial charge < -0.3 is 4.98 Å². The van der Waals surface area contributed by atoms with Crippen LogP contribution in [-0.4, -0.2) is 14.5 Å². The molecule has 3 rings (SSSR count). The monoisotopic (exact) mass is 367 g/mol. The Kier molecular flexibility index (Phi) is 3.56. The summed E-state index contributed by atoms with van der Waals surface area (Å²) < 4.78 is 3.75. The summed E-state index contributed by atoms with van der Waals surface area (Å²) in [5.41, 5.74) is 3.17. The molecule has 1 atom stereocenters. The average Bonchev–Trinajstić information content (AvgIpc) is 2.87. The molecule has 20 heavy (non-hydrogen) atoms. The number of hydrogen-bond acceptors (Lipinski definition) is 3. The molecule has 3 nitrogen and oxygen atoms in total. The van der Waals surface area contributed by atoms with E-state index >= 15 is 0 Å². The van der Waals surface area contributed by atoms with Crippen LogP contribution in [0.3, 0.4) is 0 Å². The summed E-state index contributed by atoms with van der Waals surface area (Å²) in [7, 11) is 0. The van der Waals surface area contributed by atoms with Gasteiger partial charge in [-0.3, -0.25) is 4.57 Å². The first-order valence-electron chi connectivity index (χ1n) is 6.30. The molecule has 0 aliphatic carbocycles. The van der Waals surface area contributed by atoms with Gasteiger partial charge in [0, 0.05) is 20.4 Å². The van der Waals surface area contributed by atoms with Crippen molar-refractivity contribution in [2.75, 3.05) is 0 Å². The molecule has 3 aromatic heterocycles. The number of aromatic amines is 1. The van der Waals surface area contributed by atoms with Gasteiger partial charge in [0.25, 0.3) is 0 Å². The summed E-state index contributed by atoms with van der Waals surface area (Å²) in [5, 5.41) is 0. The lowest BCUT2D eigenvalue weighted by molar-refractivity contribution is 0.643. The molecular weight excluding hydrogens is 354 g/mol. The molecule has 0 spiro atoms. The maximum absolute atomic E-state index is 5.48. The number of imidazole rings is 1. The van der Waals surface area contributed by atoms with E-state index in [4.69, 9.17) is 12.2 Å². The molecule has 0 radical (unpaired) electrons. The summed E-state index contributed by atoms with van der Waals surface area (Å²) in [6.45, 7) is 6.46. The largest absolute Gasteiger partial charge is 0.329 e. The zero-order valence-electron chi connectivity index (χ0n) is 11.4. The zero-order valence-corrected chi connectivity index (χ0v) is 14.6. The molecule has 0 aromatic carbocycles. The van der Waals surface area contributed by atoms with E-state index in [1.807, 2.05) is 17.4 Å². The summed E-state index contributed by atoms with van der Waals surface area (Å²) >= 11 is 10.7. The molecule has 6 heteroatoms. The normalized spacial score (nSPS) is 13.0. The average molecular weight is 368 g/mol. The van der Waals surface area contributed by atoms with Gasteiger partial charge in [0.15, 0.2) is 10.4 Å². The first kappa shape index (κ1) is 14.0. The summed E-state index contributed by atoms with van der Waals surface area (Å²) in [6.07, 6.45) is 1.81. The summed E-state index contributed by atoms with van der Waals surface area (Å²) in [6, 6.07) is 4.42. The Morgan fingerprint density at radius 2 is 2.15 bits per heavy atom. The quantitative estimate of drug-likeness (QED) is 0.635. The number of H-pyrrole nitrogens is 1. The molecule has 1 N–H and O–H groups in total. The molecule has 3 aromatic rings. The Balaban J connectivity index is 2.21. The minimum atomic E-state index is 0.176. The van der Waals surface area contributed by atoms with Crippen molar-refractivity contribution >= 4 is 50.6 Å². The third-order valence-corrected chi connectivity index (χ3v) is 5.15. The predicted octanol–water partition coefficient (Wildman–Crippen LogP) is 5.14. The minimum Gasteiger partial charge on any atom is -0.329 e. The van der Waals surface area contributed by atoms with E-state index in [1.54, 1.807) is 6.20 Å². The van der Waals surface area contributed by atoms with Crippen LogP contribution >= 0.6 is 39.5 Å². The van der Waals surface area contributed by atoms with Crippen LogP contribution in [0.4, 0.5) is 0 Å². The molecule has 0 amide bonds. The standard InChI is InChI=1S/C14H14BrN3S2/c1-7-4-11(9(3)20-7)8(2)18-13-12(17-14(18)19)5-10(15)6-16-13/h4-6,8H,1-3H3,(H,17,19). The van der Waals surface area contributed by atoms with Crippen LogP contribution in [0.5, 0.6) is 0 Å². The Morgan fingerprint density at radius 1 is 1.40 bits per heavy atom. The van der Waals surface area contributed by atoms with Crippen LogP contribution in [0.2, 0.25) is 0 Å². The van der Waals surface area contributed by atoms with E-state index in [1.165, 1.54) is 15.3 Å². The first-order valence-corrected chi connectivity index (χ1v) is 8.32. The van der Waals surface area contributed by atoms with E-state index in [9.17, 15) is 0 Å². The second-order valence-electron chi connectivity index (χ2n) is 4.87. The lowest BCUT2D eigenvalue weighted by Crippen LogP contribution is -2.07. The molecule has 1 unspecified atom stereocenters. The van der Waals surface area contributed by atoms with Gasteiger partial charge in [0.1, 0.15) is 0 Å². The second-order valence-corrected chi connectivity index (χ2v) is 7.63. The third kappa shape index (κ3) is 2.25. The van der Waals surface area contributed by atoms with Gasteiger partial charge in [-0.05, 0) is 66.6 Å². The lowest BCUT2D eigenvalue weighted by Gasteiger charge is -2.14. The Labute approximate surface area is 134 Å². The first-order chi connectivity index (χ1) is 9.47. The molecule has 0 aliphatic heterocycles. The second kappa shape index (κ2) is 5.09.